The van der Waals surface area contributed by atoms with E-state index in [1.54, 1.807) is 6.92 Å². The fraction of sp³-hybridized carbons (Fsp3) is 0.583. The Bertz CT molecular complexity index is 394. The van der Waals surface area contributed by atoms with E-state index in [2.05, 4.69) is 6.58 Å². The lowest BCUT2D eigenvalue weighted by molar-refractivity contribution is -0.177. The first kappa shape index (κ1) is 14.4. The normalized spacial score (nSPS) is 25.9. The number of allylic oxidation sites excluding steroid dienone is 1. The van der Waals surface area contributed by atoms with E-state index in [0.29, 0.717) is 6.42 Å². The summed E-state index contributed by atoms with van der Waals surface area (Å²) in [6.07, 6.45) is 2.96. The van der Waals surface area contributed by atoms with Gasteiger partial charge in [-0.05, 0) is 18.8 Å². The summed E-state index contributed by atoms with van der Waals surface area (Å²) in [5.74, 6) is -1.84. The van der Waals surface area contributed by atoms with Crippen molar-refractivity contribution in [3.8, 4) is 0 Å². The molecule has 2 N–H and O–H groups in total. The van der Waals surface area contributed by atoms with Crippen LogP contribution in [0.5, 0.6) is 0 Å². The van der Waals surface area contributed by atoms with Crippen molar-refractivity contribution in [1.29, 1.82) is 0 Å². The first-order chi connectivity index (χ1) is 8.41. The number of hydrogen-bond acceptors (Lipinski definition) is 4. The highest BCUT2D eigenvalue weighted by Crippen LogP contribution is 2.39. The highest BCUT2D eigenvalue weighted by Gasteiger charge is 2.56. The molecule has 0 aromatic heterocycles. The molecule has 0 aromatic carbocycles. The molecular formula is C12H18N2O4. The Kier molecular flexibility index (Phi) is 4.24. The molecule has 0 saturated carbocycles. The minimum Gasteiger partial charge on any atom is -0.277 e. The largest absolute Gasteiger partial charge is 0.355 e. The van der Waals surface area contributed by atoms with Crippen LogP contribution in [0.2, 0.25) is 0 Å². The van der Waals surface area contributed by atoms with Gasteiger partial charge >= 0.3 is 6.03 Å². The summed E-state index contributed by atoms with van der Waals surface area (Å²) in [6, 6.07) is -1.10. The van der Waals surface area contributed by atoms with Crippen LogP contribution in [0, 0.1) is 11.3 Å². The van der Waals surface area contributed by atoms with Gasteiger partial charge in [0.2, 0.25) is 5.91 Å². The smallest absolute Gasteiger partial charge is 0.277 e. The summed E-state index contributed by atoms with van der Waals surface area (Å²) in [5.41, 5.74) is -1.44. The van der Waals surface area contributed by atoms with Crippen molar-refractivity contribution in [2.75, 3.05) is 0 Å². The molecule has 0 spiro atoms. The maximum Gasteiger partial charge on any atom is 0.355 e. The number of carbonyl (C=O) groups excluding carboxylic acids is 3. The van der Waals surface area contributed by atoms with Gasteiger partial charge in [0, 0.05) is 0 Å². The predicted molar refractivity (Wildman–Crippen MR) is 63.5 cm³/mol. The second-order valence-electron chi connectivity index (χ2n) is 4.53. The van der Waals surface area contributed by atoms with Crippen molar-refractivity contribution in [2.45, 2.75) is 33.1 Å². The van der Waals surface area contributed by atoms with Gasteiger partial charge in [-0.1, -0.05) is 26.3 Å². The number of nitrogens with one attached hydrogen (secondary N) is 1. The Morgan fingerprint density at radius 3 is 2.61 bits per heavy atom. The number of carbonyl (C=O) groups is 3. The fourth-order valence-corrected chi connectivity index (χ4v) is 2.36. The summed E-state index contributed by atoms with van der Waals surface area (Å²) in [6.45, 7) is 7.23. The highest BCUT2D eigenvalue weighted by molar-refractivity contribution is 6.18. The molecule has 0 radical (unpaired) electrons. The average Bonchev–Trinajstić information content (AvgIpc) is 2.32. The molecule has 6 heteroatoms. The molecule has 1 fully saturated rings. The molecule has 100 valence electrons. The standard InChI is InChI=1S/C12H18N2O4/c1-4-6-8(3)12(7-5-2)9(15)13-11(17)14(18)10(12)16/h5,8,18H,2,4,6-7H2,1,3H3,(H,13,15,17)/t8-,12+/m0/s1. The van der Waals surface area contributed by atoms with E-state index in [-0.39, 0.29) is 17.4 Å². The monoisotopic (exact) mass is 254 g/mol. The Morgan fingerprint density at radius 1 is 1.50 bits per heavy atom. The molecule has 0 aromatic rings. The molecule has 1 saturated heterocycles. The highest BCUT2D eigenvalue weighted by atomic mass is 16.5. The molecule has 1 aliphatic heterocycles. The molecule has 0 bridgehead atoms. The Balaban J connectivity index is 3.22. The van der Waals surface area contributed by atoms with Gasteiger partial charge in [0.1, 0.15) is 5.41 Å². The number of barbiturate groups is 1. The number of hydroxylamine groups is 2. The van der Waals surface area contributed by atoms with Crippen molar-refractivity contribution in [3.63, 3.8) is 0 Å². The number of nitrogens with zero attached hydrogens (tertiary/aromatic N) is 1. The maximum atomic E-state index is 12.1. The zero-order valence-electron chi connectivity index (χ0n) is 10.6. The fourth-order valence-electron chi connectivity index (χ4n) is 2.36. The third kappa shape index (κ3) is 2.03. The number of urea groups is 1. The van der Waals surface area contributed by atoms with Crippen LogP contribution in [-0.4, -0.2) is 28.1 Å². The second kappa shape index (κ2) is 5.30. The molecule has 0 unspecified atom stereocenters. The Morgan fingerprint density at radius 2 is 2.11 bits per heavy atom. The minimum absolute atomic E-state index is 0.0168. The van der Waals surface area contributed by atoms with E-state index in [0.717, 1.165) is 6.42 Å². The topological polar surface area (TPSA) is 86.7 Å². The van der Waals surface area contributed by atoms with Crippen LogP contribution in [-0.2, 0) is 9.59 Å². The van der Waals surface area contributed by atoms with Crippen LogP contribution >= 0.6 is 0 Å². The van der Waals surface area contributed by atoms with Crippen molar-refractivity contribution in [2.24, 2.45) is 11.3 Å². The molecule has 2 atom stereocenters. The van der Waals surface area contributed by atoms with E-state index in [1.165, 1.54) is 6.08 Å². The van der Waals surface area contributed by atoms with E-state index < -0.39 is 23.3 Å². The Hall–Kier alpha value is -1.69. The van der Waals surface area contributed by atoms with Crippen LogP contribution in [0.4, 0.5) is 4.79 Å². The third-order valence-electron chi connectivity index (χ3n) is 3.42. The van der Waals surface area contributed by atoms with Gasteiger partial charge in [-0.3, -0.25) is 20.1 Å². The van der Waals surface area contributed by atoms with Crippen LogP contribution in [0.1, 0.15) is 33.1 Å². The summed E-state index contributed by atoms with van der Waals surface area (Å²) in [5, 5.41) is 11.4. The summed E-state index contributed by atoms with van der Waals surface area (Å²) in [7, 11) is 0. The van der Waals surface area contributed by atoms with Crippen LogP contribution in [0.15, 0.2) is 12.7 Å². The zero-order chi connectivity index (χ0) is 13.9. The lowest BCUT2D eigenvalue weighted by Crippen LogP contribution is -2.64. The van der Waals surface area contributed by atoms with Crippen LogP contribution < -0.4 is 5.32 Å². The van der Waals surface area contributed by atoms with Crippen molar-refractivity contribution in [3.05, 3.63) is 12.7 Å². The van der Waals surface area contributed by atoms with Gasteiger partial charge in [-0.25, -0.2) is 4.79 Å². The third-order valence-corrected chi connectivity index (χ3v) is 3.42. The Labute approximate surface area is 106 Å². The predicted octanol–water partition coefficient (Wildman–Crippen LogP) is 1.45. The number of hydrogen-bond donors (Lipinski definition) is 2. The average molecular weight is 254 g/mol. The van der Waals surface area contributed by atoms with E-state index in [9.17, 15) is 19.6 Å². The number of rotatable bonds is 5. The molecule has 1 aliphatic rings. The second-order valence-corrected chi connectivity index (χ2v) is 4.53. The van der Waals surface area contributed by atoms with E-state index in [4.69, 9.17) is 0 Å². The summed E-state index contributed by atoms with van der Waals surface area (Å²) in [4.78, 5) is 35.4. The van der Waals surface area contributed by atoms with Crippen molar-refractivity contribution in [1.82, 2.24) is 10.4 Å². The van der Waals surface area contributed by atoms with Crippen LogP contribution in [0.3, 0.4) is 0 Å². The van der Waals surface area contributed by atoms with Gasteiger partial charge in [-0.2, -0.15) is 0 Å². The number of amides is 4. The molecule has 18 heavy (non-hydrogen) atoms. The van der Waals surface area contributed by atoms with Crippen LogP contribution in [0.25, 0.3) is 0 Å². The lowest BCUT2D eigenvalue weighted by atomic mass is 9.69. The first-order valence-electron chi connectivity index (χ1n) is 5.91. The molecule has 0 aliphatic carbocycles. The van der Waals surface area contributed by atoms with Gasteiger partial charge < -0.3 is 0 Å². The van der Waals surface area contributed by atoms with Gasteiger partial charge in [0.15, 0.2) is 0 Å². The first-order valence-corrected chi connectivity index (χ1v) is 5.91. The van der Waals surface area contributed by atoms with Crippen molar-refractivity contribution >= 4 is 17.8 Å². The summed E-state index contributed by atoms with van der Waals surface area (Å²) < 4.78 is 0. The minimum atomic E-state index is -1.44. The molecule has 1 rings (SSSR count). The molecule has 4 amide bonds. The summed E-state index contributed by atoms with van der Waals surface area (Å²) >= 11 is 0. The van der Waals surface area contributed by atoms with E-state index in [1.807, 2.05) is 12.2 Å². The molecule has 6 nitrogen and oxygen atoms in total. The maximum absolute atomic E-state index is 12.1. The number of imide groups is 2. The molecule has 1 heterocycles. The quantitative estimate of drug-likeness (QED) is 0.441. The zero-order valence-corrected chi connectivity index (χ0v) is 10.6. The van der Waals surface area contributed by atoms with E-state index >= 15 is 0 Å². The van der Waals surface area contributed by atoms with Gasteiger partial charge in [0.05, 0.1) is 0 Å². The lowest BCUT2D eigenvalue weighted by Gasteiger charge is -2.40. The van der Waals surface area contributed by atoms with Crippen molar-refractivity contribution < 1.29 is 19.6 Å². The van der Waals surface area contributed by atoms with Gasteiger partial charge in [0.25, 0.3) is 5.91 Å². The SMILES string of the molecule is C=CC[C@@]1([C@@H](C)CCC)C(=O)NC(=O)N(O)C1=O. The van der Waals surface area contributed by atoms with Gasteiger partial charge in [-0.15, -0.1) is 11.6 Å². The molecular weight excluding hydrogens is 236 g/mol.